The normalized spacial score (nSPS) is 12.0. The molecule has 0 aliphatic rings. The number of amides is 1. The molecule has 23 heavy (non-hydrogen) atoms. The van der Waals surface area contributed by atoms with E-state index in [0.29, 0.717) is 12.5 Å². The van der Waals surface area contributed by atoms with E-state index in [-0.39, 0.29) is 23.7 Å². The molecule has 0 radical (unpaired) electrons. The molecule has 0 fully saturated rings. The number of carbonyl (C=O) groups is 1. The lowest BCUT2D eigenvalue weighted by Crippen LogP contribution is -2.39. The highest BCUT2D eigenvalue weighted by atomic mass is 35.5. The van der Waals surface area contributed by atoms with Crippen molar-refractivity contribution in [2.24, 2.45) is 5.92 Å². The molecule has 0 saturated carbocycles. The van der Waals surface area contributed by atoms with E-state index in [1.54, 1.807) is 0 Å². The minimum absolute atomic E-state index is 0.0160. The summed E-state index contributed by atoms with van der Waals surface area (Å²) in [6, 6.07) is 3.98. The predicted molar refractivity (Wildman–Crippen MR) is 89.6 cm³/mol. The van der Waals surface area contributed by atoms with Crippen LogP contribution in [0.4, 0.5) is 4.39 Å². The first-order valence-electron chi connectivity index (χ1n) is 7.30. The number of hydrogen-bond acceptors (Lipinski definition) is 3. The molecule has 1 N–H and O–H groups in total. The molecule has 8 heteroatoms. The van der Waals surface area contributed by atoms with Crippen LogP contribution >= 0.6 is 11.6 Å². The molecule has 0 heterocycles. The van der Waals surface area contributed by atoms with Crippen LogP contribution in [0.1, 0.15) is 30.6 Å². The number of benzene rings is 1. The SMILES string of the molecule is CC(C)CCN(CCNC(=O)c1c(F)cccc1Cl)S(C)(=O)=O. The van der Waals surface area contributed by atoms with Crippen LogP contribution in [-0.4, -0.2) is 44.5 Å². The summed E-state index contributed by atoms with van der Waals surface area (Å²) in [7, 11) is -3.36. The van der Waals surface area contributed by atoms with Crippen molar-refractivity contribution in [3.63, 3.8) is 0 Å². The highest BCUT2D eigenvalue weighted by molar-refractivity contribution is 7.88. The van der Waals surface area contributed by atoms with Gasteiger partial charge in [-0.15, -0.1) is 0 Å². The molecule has 5 nitrogen and oxygen atoms in total. The minimum Gasteiger partial charge on any atom is -0.351 e. The molecule has 1 aromatic rings. The Bertz CT molecular complexity index is 630. The van der Waals surface area contributed by atoms with Gasteiger partial charge in [0.2, 0.25) is 10.0 Å². The van der Waals surface area contributed by atoms with Crippen molar-refractivity contribution in [2.75, 3.05) is 25.9 Å². The Morgan fingerprint density at radius 2 is 2.00 bits per heavy atom. The third kappa shape index (κ3) is 6.45. The Hall–Kier alpha value is -1.18. The summed E-state index contributed by atoms with van der Waals surface area (Å²) in [5.74, 6) is -1.01. The zero-order chi connectivity index (χ0) is 17.6. The predicted octanol–water partition coefficient (Wildman–Crippen LogP) is 2.52. The molecule has 0 saturated heterocycles. The highest BCUT2D eigenvalue weighted by Crippen LogP contribution is 2.18. The summed E-state index contributed by atoms with van der Waals surface area (Å²) >= 11 is 5.82. The van der Waals surface area contributed by atoms with Gasteiger partial charge in [0, 0.05) is 19.6 Å². The largest absolute Gasteiger partial charge is 0.351 e. The van der Waals surface area contributed by atoms with Crippen LogP contribution in [0.25, 0.3) is 0 Å². The van der Waals surface area contributed by atoms with Gasteiger partial charge in [-0.25, -0.2) is 17.1 Å². The molecule has 0 aromatic heterocycles. The third-order valence-corrected chi connectivity index (χ3v) is 4.88. The average molecular weight is 365 g/mol. The van der Waals surface area contributed by atoms with E-state index in [1.807, 2.05) is 13.8 Å². The van der Waals surface area contributed by atoms with Crippen molar-refractivity contribution < 1.29 is 17.6 Å². The van der Waals surface area contributed by atoms with Crippen LogP contribution < -0.4 is 5.32 Å². The molecule has 0 aliphatic carbocycles. The summed E-state index contributed by atoms with van der Waals surface area (Å²) in [6.07, 6.45) is 1.85. The lowest BCUT2D eigenvalue weighted by Gasteiger charge is -2.21. The van der Waals surface area contributed by atoms with E-state index < -0.39 is 21.7 Å². The van der Waals surface area contributed by atoms with E-state index in [0.717, 1.165) is 18.7 Å². The van der Waals surface area contributed by atoms with Crippen LogP contribution in [0.2, 0.25) is 5.02 Å². The molecule has 0 bridgehead atoms. The second-order valence-electron chi connectivity index (χ2n) is 5.70. The monoisotopic (exact) mass is 364 g/mol. The maximum atomic E-state index is 13.6. The number of sulfonamides is 1. The molecule has 130 valence electrons. The number of carbonyl (C=O) groups excluding carboxylic acids is 1. The third-order valence-electron chi connectivity index (χ3n) is 3.26. The van der Waals surface area contributed by atoms with E-state index in [9.17, 15) is 17.6 Å². The van der Waals surface area contributed by atoms with Gasteiger partial charge >= 0.3 is 0 Å². The summed E-state index contributed by atoms with van der Waals surface area (Å²) in [4.78, 5) is 12.0. The zero-order valence-electron chi connectivity index (χ0n) is 13.5. The van der Waals surface area contributed by atoms with Crippen molar-refractivity contribution >= 4 is 27.5 Å². The van der Waals surface area contributed by atoms with Crippen molar-refractivity contribution in [3.8, 4) is 0 Å². The molecule has 1 aromatic carbocycles. The van der Waals surface area contributed by atoms with Gasteiger partial charge in [0.15, 0.2) is 0 Å². The summed E-state index contributed by atoms with van der Waals surface area (Å²) < 4.78 is 38.4. The Balaban J connectivity index is 2.64. The van der Waals surface area contributed by atoms with Crippen LogP contribution in [0.3, 0.4) is 0 Å². The van der Waals surface area contributed by atoms with Gasteiger partial charge < -0.3 is 5.32 Å². The van der Waals surface area contributed by atoms with Gasteiger partial charge in [0.1, 0.15) is 5.82 Å². The van der Waals surface area contributed by atoms with Crippen molar-refractivity contribution in [1.82, 2.24) is 9.62 Å². The number of nitrogens with one attached hydrogen (secondary N) is 1. The lowest BCUT2D eigenvalue weighted by molar-refractivity contribution is 0.0947. The van der Waals surface area contributed by atoms with Gasteiger partial charge in [-0.05, 0) is 24.5 Å². The Morgan fingerprint density at radius 1 is 1.35 bits per heavy atom. The van der Waals surface area contributed by atoms with Crippen molar-refractivity contribution in [3.05, 3.63) is 34.6 Å². The van der Waals surface area contributed by atoms with Crippen molar-refractivity contribution in [2.45, 2.75) is 20.3 Å². The number of hydrogen-bond donors (Lipinski definition) is 1. The number of rotatable bonds is 8. The topological polar surface area (TPSA) is 66.5 Å². The van der Waals surface area contributed by atoms with Gasteiger partial charge in [0.05, 0.1) is 16.8 Å². The standard InChI is InChI=1S/C15H22ClFN2O3S/c1-11(2)7-9-19(23(3,21)22)10-8-18-15(20)14-12(16)5-4-6-13(14)17/h4-6,11H,7-10H2,1-3H3,(H,18,20). The van der Waals surface area contributed by atoms with E-state index in [4.69, 9.17) is 11.6 Å². The van der Waals surface area contributed by atoms with Crippen LogP contribution in [0.15, 0.2) is 18.2 Å². The maximum Gasteiger partial charge on any atom is 0.255 e. The second-order valence-corrected chi connectivity index (χ2v) is 8.09. The van der Waals surface area contributed by atoms with E-state index >= 15 is 0 Å². The first-order valence-corrected chi connectivity index (χ1v) is 9.53. The summed E-state index contributed by atoms with van der Waals surface area (Å²) in [5, 5.41) is 2.52. The molecular weight excluding hydrogens is 343 g/mol. The van der Waals surface area contributed by atoms with Gasteiger partial charge in [-0.2, -0.15) is 0 Å². The van der Waals surface area contributed by atoms with E-state index in [1.165, 1.54) is 16.4 Å². The number of halogens is 2. The molecular formula is C15H22ClFN2O3S. The fraction of sp³-hybridized carbons (Fsp3) is 0.533. The molecule has 0 atom stereocenters. The Labute approximate surface area is 141 Å². The molecule has 0 spiro atoms. The van der Waals surface area contributed by atoms with Crippen LogP contribution in [0.5, 0.6) is 0 Å². The zero-order valence-corrected chi connectivity index (χ0v) is 15.0. The Kier molecular flexibility index (Phi) is 7.44. The van der Waals surface area contributed by atoms with Gasteiger partial charge in [0.25, 0.3) is 5.91 Å². The fourth-order valence-electron chi connectivity index (χ4n) is 1.94. The number of nitrogens with zero attached hydrogens (tertiary/aromatic N) is 1. The quantitative estimate of drug-likeness (QED) is 0.770. The van der Waals surface area contributed by atoms with Gasteiger partial charge in [-0.1, -0.05) is 31.5 Å². The first-order chi connectivity index (χ1) is 10.6. The molecule has 0 aliphatic heterocycles. The smallest absolute Gasteiger partial charge is 0.255 e. The summed E-state index contributed by atoms with van der Waals surface area (Å²) in [6.45, 7) is 4.59. The molecule has 1 amide bonds. The van der Waals surface area contributed by atoms with Crippen LogP contribution in [-0.2, 0) is 10.0 Å². The molecule has 1 rings (SSSR count). The first kappa shape index (κ1) is 19.9. The average Bonchev–Trinajstić information content (AvgIpc) is 2.40. The van der Waals surface area contributed by atoms with Gasteiger partial charge in [-0.3, -0.25) is 4.79 Å². The Morgan fingerprint density at radius 3 is 2.52 bits per heavy atom. The minimum atomic E-state index is -3.36. The summed E-state index contributed by atoms with van der Waals surface area (Å²) in [5.41, 5.74) is -0.234. The lowest BCUT2D eigenvalue weighted by atomic mass is 10.1. The van der Waals surface area contributed by atoms with Crippen molar-refractivity contribution in [1.29, 1.82) is 0 Å². The highest BCUT2D eigenvalue weighted by Gasteiger charge is 2.19. The maximum absolute atomic E-state index is 13.6. The van der Waals surface area contributed by atoms with E-state index in [2.05, 4.69) is 5.32 Å². The van der Waals surface area contributed by atoms with Crippen LogP contribution in [0, 0.1) is 11.7 Å². The molecule has 0 unspecified atom stereocenters. The second kappa shape index (κ2) is 8.61. The fourth-order valence-corrected chi connectivity index (χ4v) is 3.05.